The number of rotatable bonds is 3. The second-order valence-electron chi connectivity index (χ2n) is 4.42. The third-order valence-electron chi connectivity index (χ3n) is 2.96. The molecule has 18 heavy (non-hydrogen) atoms. The summed E-state index contributed by atoms with van der Waals surface area (Å²) in [5, 5.41) is 0. The summed E-state index contributed by atoms with van der Waals surface area (Å²) in [6, 6.07) is 0. The first-order valence-corrected chi connectivity index (χ1v) is 6.07. The standard InChI is InChI=1S/C14H16O4/c1-3-4-5-6-8-14(2)12(15)11-10(18-14)7-9-17-13(11)16/h4-6,8H,3,7,9H2,1-2H3/b5-4+,8-6+/t14-/m1/s1. The zero-order chi connectivity index (χ0) is 13.2. The maximum Gasteiger partial charge on any atom is 0.345 e. The number of carbonyl (C=O) groups is 2. The molecule has 0 spiro atoms. The molecule has 2 rings (SSSR count). The fourth-order valence-corrected chi connectivity index (χ4v) is 1.98. The molecule has 0 unspecified atom stereocenters. The Hall–Kier alpha value is -1.84. The highest BCUT2D eigenvalue weighted by Gasteiger charge is 2.48. The number of hydrogen-bond acceptors (Lipinski definition) is 4. The third-order valence-corrected chi connectivity index (χ3v) is 2.96. The van der Waals surface area contributed by atoms with Crippen LogP contribution in [-0.4, -0.2) is 24.0 Å². The summed E-state index contributed by atoms with van der Waals surface area (Å²) >= 11 is 0. The number of ketones is 1. The molecule has 0 saturated carbocycles. The molecule has 2 heterocycles. The molecule has 1 atom stereocenters. The highest BCUT2D eigenvalue weighted by molar-refractivity contribution is 6.23. The second-order valence-corrected chi connectivity index (χ2v) is 4.42. The molecular weight excluding hydrogens is 232 g/mol. The van der Waals surface area contributed by atoms with Gasteiger partial charge >= 0.3 is 5.97 Å². The predicted octanol–water partition coefficient (Wildman–Crippen LogP) is 2.07. The van der Waals surface area contributed by atoms with E-state index in [-0.39, 0.29) is 18.0 Å². The average Bonchev–Trinajstić information content (AvgIpc) is 2.59. The summed E-state index contributed by atoms with van der Waals surface area (Å²) < 4.78 is 10.5. The van der Waals surface area contributed by atoms with Crippen LogP contribution in [0.1, 0.15) is 26.7 Å². The number of Topliss-reactive ketones (excluding diaryl/α,β-unsaturated/α-hetero) is 1. The van der Waals surface area contributed by atoms with E-state index in [1.807, 2.05) is 19.1 Å². The van der Waals surface area contributed by atoms with Gasteiger partial charge < -0.3 is 9.47 Å². The van der Waals surface area contributed by atoms with E-state index in [0.717, 1.165) is 6.42 Å². The summed E-state index contributed by atoms with van der Waals surface area (Å²) in [5.41, 5.74) is -1.00. The van der Waals surface area contributed by atoms with Crippen LogP contribution in [0.4, 0.5) is 0 Å². The minimum atomic E-state index is -1.08. The molecule has 2 aliphatic rings. The van der Waals surface area contributed by atoms with Crippen LogP contribution in [0, 0.1) is 0 Å². The molecule has 0 bridgehead atoms. The van der Waals surface area contributed by atoms with Crippen molar-refractivity contribution in [1.82, 2.24) is 0 Å². The maximum absolute atomic E-state index is 12.2. The van der Waals surface area contributed by atoms with Gasteiger partial charge in [0.25, 0.3) is 0 Å². The minimum Gasteiger partial charge on any atom is -0.478 e. The summed E-state index contributed by atoms with van der Waals surface area (Å²) in [5.74, 6) is -0.423. The van der Waals surface area contributed by atoms with E-state index in [1.54, 1.807) is 19.1 Å². The topological polar surface area (TPSA) is 52.6 Å². The van der Waals surface area contributed by atoms with Crippen LogP contribution in [0.2, 0.25) is 0 Å². The largest absolute Gasteiger partial charge is 0.478 e. The van der Waals surface area contributed by atoms with Crippen molar-refractivity contribution in [2.24, 2.45) is 0 Å². The number of ether oxygens (including phenoxy) is 2. The molecule has 4 heteroatoms. The fourth-order valence-electron chi connectivity index (χ4n) is 1.98. The van der Waals surface area contributed by atoms with Crippen molar-refractivity contribution in [2.75, 3.05) is 6.61 Å². The molecule has 0 aromatic rings. The Bertz CT molecular complexity index is 470. The number of allylic oxidation sites excluding steroid dienone is 3. The Balaban J connectivity index is 2.20. The van der Waals surface area contributed by atoms with Crippen LogP contribution >= 0.6 is 0 Å². The number of hydrogen-bond donors (Lipinski definition) is 0. The molecule has 96 valence electrons. The molecule has 0 fully saturated rings. The fraction of sp³-hybridized carbons (Fsp3) is 0.429. The van der Waals surface area contributed by atoms with Gasteiger partial charge in [-0.25, -0.2) is 4.79 Å². The van der Waals surface area contributed by atoms with Crippen LogP contribution in [-0.2, 0) is 19.1 Å². The molecule has 0 radical (unpaired) electrons. The SMILES string of the molecule is CC/C=C/C=C/[C@@]1(C)OC2=C(C(=O)OCC2)C1=O. The van der Waals surface area contributed by atoms with E-state index in [9.17, 15) is 9.59 Å². The molecule has 0 amide bonds. The molecule has 2 aliphatic heterocycles. The Morgan fingerprint density at radius 1 is 1.33 bits per heavy atom. The summed E-state index contributed by atoms with van der Waals surface area (Å²) in [4.78, 5) is 23.7. The zero-order valence-corrected chi connectivity index (χ0v) is 10.6. The van der Waals surface area contributed by atoms with Crippen LogP contribution in [0.5, 0.6) is 0 Å². The van der Waals surface area contributed by atoms with Crippen molar-refractivity contribution in [3.05, 3.63) is 35.6 Å². The van der Waals surface area contributed by atoms with E-state index in [1.165, 1.54) is 0 Å². The van der Waals surface area contributed by atoms with Gasteiger partial charge in [-0.1, -0.05) is 25.2 Å². The van der Waals surface area contributed by atoms with E-state index in [2.05, 4.69) is 0 Å². The lowest BCUT2D eigenvalue weighted by Gasteiger charge is -2.19. The molecule has 0 aromatic carbocycles. The first kappa shape index (κ1) is 12.6. The van der Waals surface area contributed by atoms with Crippen LogP contribution in [0.15, 0.2) is 35.6 Å². The van der Waals surface area contributed by atoms with Crippen molar-refractivity contribution < 1.29 is 19.1 Å². The first-order chi connectivity index (χ1) is 8.58. The Morgan fingerprint density at radius 3 is 2.78 bits per heavy atom. The lowest BCUT2D eigenvalue weighted by Crippen LogP contribution is -2.32. The van der Waals surface area contributed by atoms with Crippen molar-refractivity contribution >= 4 is 11.8 Å². The molecule has 0 aromatic heterocycles. The van der Waals surface area contributed by atoms with Gasteiger partial charge in [0.1, 0.15) is 11.3 Å². The first-order valence-electron chi connectivity index (χ1n) is 6.07. The Kier molecular flexibility index (Phi) is 3.36. The highest BCUT2D eigenvalue weighted by atomic mass is 16.6. The van der Waals surface area contributed by atoms with Gasteiger partial charge in [0.2, 0.25) is 5.78 Å². The van der Waals surface area contributed by atoms with Crippen molar-refractivity contribution in [2.45, 2.75) is 32.3 Å². The van der Waals surface area contributed by atoms with Gasteiger partial charge in [-0.3, -0.25) is 4.79 Å². The maximum atomic E-state index is 12.2. The van der Waals surface area contributed by atoms with Crippen molar-refractivity contribution in [3.8, 4) is 0 Å². The molecule has 0 saturated heterocycles. The van der Waals surface area contributed by atoms with Crippen LogP contribution < -0.4 is 0 Å². The van der Waals surface area contributed by atoms with Crippen LogP contribution in [0.25, 0.3) is 0 Å². The molecule has 0 aliphatic carbocycles. The van der Waals surface area contributed by atoms with E-state index >= 15 is 0 Å². The minimum absolute atomic E-state index is 0.0767. The van der Waals surface area contributed by atoms with Crippen molar-refractivity contribution in [3.63, 3.8) is 0 Å². The predicted molar refractivity (Wildman–Crippen MR) is 65.7 cm³/mol. The lowest BCUT2D eigenvalue weighted by atomic mass is 9.95. The molecule has 4 nitrogen and oxygen atoms in total. The van der Waals surface area contributed by atoms with Crippen molar-refractivity contribution in [1.29, 1.82) is 0 Å². The normalized spacial score (nSPS) is 27.9. The number of esters is 1. The average molecular weight is 248 g/mol. The van der Waals surface area contributed by atoms with E-state index in [4.69, 9.17) is 9.47 Å². The van der Waals surface area contributed by atoms with Gasteiger partial charge in [-0.2, -0.15) is 0 Å². The third kappa shape index (κ3) is 2.10. The van der Waals surface area contributed by atoms with E-state index < -0.39 is 11.6 Å². The van der Waals surface area contributed by atoms with Gasteiger partial charge in [-0.05, 0) is 19.4 Å². The zero-order valence-electron chi connectivity index (χ0n) is 10.6. The Morgan fingerprint density at radius 2 is 2.11 bits per heavy atom. The van der Waals surface area contributed by atoms with Gasteiger partial charge in [0.15, 0.2) is 5.60 Å². The summed E-state index contributed by atoms with van der Waals surface area (Å²) in [6.45, 7) is 3.97. The molecule has 0 N–H and O–H groups in total. The van der Waals surface area contributed by atoms with Gasteiger partial charge in [-0.15, -0.1) is 0 Å². The summed E-state index contributed by atoms with van der Waals surface area (Å²) in [6.07, 6.45) is 8.68. The quantitative estimate of drug-likeness (QED) is 0.436. The number of carbonyl (C=O) groups excluding carboxylic acids is 2. The Labute approximate surface area is 106 Å². The lowest BCUT2D eigenvalue weighted by molar-refractivity contribution is -0.141. The highest BCUT2D eigenvalue weighted by Crippen LogP contribution is 2.36. The van der Waals surface area contributed by atoms with Gasteiger partial charge in [0.05, 0.1) is 6.61 Å². The van der Waals surface area contributed by atoms with E-state index in [0.29, 0.717) is 12.2 Å². The molecular formula is C14H16O4. The smallest absolute Gasteiger partial charge is 0.345 e. The number of cyclic esters (lactones) is 1. The monoisotopic (exact) mass is 248 g/mol. The van der Waals surface area contributed by atoms with Crippen LogP contribution in [0.3, 0.4) is 0 Å². The second kappa shape index (κ2) is 4.80. The van der Waals surface area contributed by atoms with Gasteiger partial charge in [0, 0.05) is 6.42 Å². The summed E-state index contributed by atoms with van der Waals surface area (Å²) in [7, 11) is 0.